The number of benzene rings is 1. The number of aromatic nitrogens is 5. The van der Waals surface area contributed by atoms with Gasteiger partial charge in [-0.3, -0.25) is 14.8 Å². The molecule has 0 saturated carbocycles. The van der Waals surface area contributed by atoms with E-state index in [9.17, 15) is 18.0 Å². The molecule has 3 aromatic rings. The second-order valence-electron chi connectivity index (χ2n) is 5.61. The van der Waals surface area contributed by atoms with Crippen LogP contribution in [0, 0.1) is 12.7 Å². The molecule has 0 saturated heterocycles. The molecule has 2 heterocycles. The molecule has 0 radical (unpaired) electrons. The van der Waals surface area contributed by atoms with Crippen LogP contribution < -0.4 is 5.32 Å². The third-order valence-corrected chi connectivity index (χ3v) is 3.54. The summed E-state index contributed by atoms with van der Waals surface area (Å²) in [6.07, 6.45) is -1.30. The number of nitrogens with one attached hydrogen (secondary N) is 1. The zero-order chi connectivity index (χ0) is 18.7. The molecule has 3 rings (SSSR count). The smallest absolute Gasteiger partial charge is 0.282 e. The predicted molar refractivity (Wildman–Crippen MR) is 86.1 cm³/mol. The molecule has 0 fully saturated rings. The number of carbonyl (C=O) groups is 1. The quantitative estimate of drug-likeness (QED) is 0.729. The molecule has 10 heteroatoms. The maximum atomic E-state index is 13.2. The minimum absolute atomic E-state index is 0.0605. The van der Waals surface area contributed by atoms with E-state index in [-0.39, 0.29) is 30.5 Å². The van der Waals surface area contributed by atoms with E-state index in [4.69, 9.17) is 0 Å². The van der Waals surface area contributed by atoms with E-state index in [2.05, 4.69) is 20.5 Å². The highest BCUT2D eigenvalue weighted by Crippen LogP contribution is 2.17. The lowest BCUT2D eigenvalue weighted by molar-refractivity contribution is -0.117. The molecule has 0 spiro atoms. The third-order valence-electron chi connectivity index (χ3n) is 3.54. The van der Waals surface area contributed by atoms with Crippen LogP contribution >= 0.6 is 0 Å². The van der Waals surface area contributed by atoms with Gasteiger partial charge in [-0.2, -0.15) is 5.10 Å². The number of amides is 1. The number of rotatable bonds is 6. The predicted octanol–water partition coefficient (Wildman–Crippen LogP) is 2.55. The van der Waals surface area contributed by atoms with Crippen LogP contribution in [0.2, 0.25) is 0 Å². The van der Waals surface area contributed by atoms with Crippen LogP contribution in [0.5, 0.6) is 0 Å². The summed E-state index contributed by atoms with van der Waals surface area (Å²) in [6.45, 7) is 1.63. The van der Waals surface area contributed by atoms with Crippen LogP contribution in [0.25, 0.3) is 0 Å². The van der Waals surface area contributed by atoms with Crippen molar-refractivity contribution in [2.45, 2.75) is 26.4 Å². The fourth-order valence-electron chi connectivity index (χ4n) is 2.35. The van der Waals surface area contributed by atoms with Crippen molar-refractivity contribution in [3.63, 3.8) is 0 Å². The molecule has 2 aromatic heterocycles. The zero-order valence-electron chi connectivity index (χ0n) is 13.7. The van der Waals surface area contributed by atoms with Crippen molar-refractivity contribution in [3.05, 3.63) is 59.4 Å². The van der Waals surface area contributed by atoms with Gasteiger partial charge in [-0.05, 0) is 30.7 Å². The van der Waals surface area contributed by atoms with Crippen molar-refractivity contribution in [1.82, 2.24) is 24.5 Å². The number of anilines is 1. The Balaban J connectivity index is 1.61. The first-order valence-corrected chi connectivity index (χ1v) is 7.67. The Kier molecular flexibility index (Phi) is 5.01. The second-order valence-corrected chi connectivity index (χ2v) is 5.61. The van der Waals surface area contributed by atoms with Gasteiger partial charge in [0, 0.05) is 5.69 Å². The van der Waals surface area contributed by atoms with Crippen molar-refractivity contribution in [1.29, 1.82) is 0 Å². The number of hydrogen-bond donors (Lipinski definition) is 1. The summed E-state index contributed by atoms with van der Waals surface area (Å²) in [6, 6.07) is 7.27. The molecule has 136 valence electrons. The molecule has 1 aromatic carbocycles. The standard InChI is InChI=1S/C16H15F3N6O/c1-10-5-13(15(18)19)22-25(10)8-14(26)21-16-20-9-24(23-16)7-11-3-2-4-12(17)6-11/h2-6,9,15H,7-8H2,1H3,(H,21,23,26). The molecular weight excluding hydrogens is 349 g/mol. The van der Waals surface area contributed by atoms with E-state index < -0.39 is 12.3 Å². The molecule has 1 amide bonds. The second kappa shape index (κ2) is 7.38. The van der Waals surface area contributed by atoms with Gasteiger partial charge in [-0.25, -0.2) is 22.8 Å². The average molecular weight is 364 g/mol. The van der Waals surface area contributed by atoms with Crippen molar-refractivity contribution in [2.75, 3.05) is 5.32 Å². The lowest BCUT2D eigenvalue weighted by atomic mass is 10.2. The number of aryl methyl sites for hydroxylation is 1. The van der Waals surface area contributed by atoms with Gasteiger partial charge in [-0.15, -0.1) is 5.10 Å². The van der Waals surface area contributed by atoms with Gasteiger partial charge in [-0.1, -0.05) is 12.1 Å². The number of alkyl halides is 2. The van der Waals surface area contributed by atoms with Crippen molar-refractivity contribution < 1.29 is 18.0 Å². The van der Waals surface area contributed by atoms with Gasteiger partial charge in [0.1, 0.15) is 24.4 Å². The molecular formula is C16H15F3N6O. The highest BCUT2D eigenvalue weighted by molar-refractivity contribution is 5.88. The molecule has 7 nitrogen and oxygen atoms in total. The molecule has 0 aliphatic heterocycles. The van der Waals surface area contributed by atoms with Crippen LogP contribution in [0.3, 0.4) is 0 Å². The summed E-state index contributed by atoms with van der Waals surface area (Å²) in [4.78, 5) is 16.0. The van der Waals surface area contributed by atoms with Gasteiger partial charge >= 0.3 is 0 Å². The van der Waals surface area contributed by atoms with E-state index in [0.717, 1.165) is 0 Å². The van der Waals surface area contributed by atoms with Crippen molar-refractivity contribution in [2.24, 2.45) is 0 Å². The van der Waals surface area contributed by atoms with E-state index in [1.165, 1.54) is 33.9 Å². The normalized spacial score (nSPS) is 11.1. The van der Waals surface area contributed by atoms with E-state index >= 15 is 0 Å². The Morgan fingerprint density at radius 2 is 2.08 bits per heavy atom. The molecule has 26 heavy (non-hydrogen) atoms. The lowest BCUT2D eigenvalue weighted by Gasteiger charge is -2.04. The highest BCUT2D eigenvalue weighted by Gasteiger charge is 2.15. The average Bonchev–Trinajstić information content (AvgIpc) is 3.14. The SMILES string of the molecule is Cc1cc(C(F)F)nn1CC(=O)Nc1ncn(Cc2cccc(F)c2)n1. The first kappa shape index (κ1) is 17.6. The fraction of sp³-hybridized carbons (Fsp3) is 0.250. The Bertz CT molecular complexity index is 920. The molecule has 0 aliphatic carbocycles. The molecule has 0 atom stereocenters. The third kappa shape index (κ3) is 4.26. The van der Waals surface area contributed by atoms with E-state index in [1.54, 1.807) is 19.1 Å². The van der Waals surface area contributed by atoms with E-state index in [1.807, 2.05) is 0 Å². The Morgan fingerprint density at radius 1 is 1.27 bits per heavy atom. The first-order valence-electron chi connectivity index (χ1n) is 7.67. The number of hydrogen-bond acceptors (Lipinski definition) is 4. The summed E-state index contributed by atoms with van der Waals surface area (Å²) in [5, 5.41) is 10.2. The Hall–Kier alpha value is -3.17. The summed E-state index contributed by atoms with van der Waals surface area (Å²) < 4.78 is 41.1. The van der Waals surface area contributed by atoms with Crippen LogP contribution in [-0.2, 0) is 17.9 Å². The summed E-state index contributed by atoms with van der Waals surface area (Å²) >= 11 is 0. The number of nitrogens with zero attached hydrogens (tertiary/aromatic N) is 5. The maximum absolute atomic E-state index is 13.2. The zero-order valence-corrected chi connectivity index (χ0v) is 13.7. The van der Waals surface area contributed by atoms with Crippen molar-refractivity contribution in [3.8, 4) is 0 Å². The van der Waals surface area contributed by atoms with Crippen molar-refractivity contribution >= 4 is 11.9 Å². The van der Waals surface area contributed by atoms with Crippen LogP contribution in [-0.4, -0.2) is 30.5 Å². The van der Waals surface area contributed by atoms with Gasteiger partial charge in [0.15, 0.2) is 0 Å². The number of halogens is 3. The van der Waals surface area contributed by atoms with Gasteiger partial charge in [0.05, 0.1) is 6.54 Å². The molecule has 0 bridgehead atoms. The maximum Gasteiger partial charge on any atom is 0.282 e. The van der Waals surface area contributed by atoms with Gasteiger partial charge in [0.25, 0.3) is 6.43 Å². The molecule has 0 unspecified atom stereocenters. The summed E-state index contributed by atoms with van der Waals surface area (Å²) in [5.41, 5.74) is 0.757. The Labute approximate surface area is 146 Å². The number of carbonyl (C=O) groups excluding carboxylic acids is 1. The molecule has 0 aliphatic rings. The Morgan fingerprint density at radius 3 is 2.77 bits per heavy atom. The summed E-state index contributed by atoms with van der Waals surface area (Å²) in [5.74, 6) is -0.792. The topological polar surface area (TPSA) is 77.6 Å². The minimum atomic E-state index is -2.70. The lowest BCUT2D eigenvalue weighted by Crippen LogP contribution is -2.21. The first-order chi connectivity index (χ1) is 12.4. The van der Waals surface area contributed by atoms with Crippen LogP contribution in [0.4, 0.5) is 19.1 Å². The minimum Gasteiger partial charge on any atom is -0.292 e. The van der Waals surface area contributed by atoms with Gasteiger partial charge < -0.3 is 0 Å². The monoisotopic (exact) mass is 364 g/mol. The van der Waals surface area contributed by atoms with Gasteiger partial charge in [0.2, 0.25) is 11.9 Å². The van der Waals surface area contributed by atoms with Crippen LogP contribution in [0.15, 0.2) is 36.7 Å². The highest BCUT2D eigenvalue weighted by atomic mass is 19.3. The summed E-state index contributed by atoms with van der Waals surface area (Å²) in [7, 11) is 0. The van der Waals surface area contributed by atoms with Crippen LogP contribution in [0.1, 0.15) is 23.4 Å². The van der Waals surface area contributed by atoms with E-state index in [0.29, 0.717) is 11.3 Å². The fourth-order valence-corrected chi connectivity index (χ4v) is 2.35. The molecule has 1 N–H and O–H groups in total. The largest absolute Gasteiger partial charge is 0.292 e.